The van der Waals surface area contributed by atoms with Crippen molar-refractivity contribution in [3.63, 3.8) is 0 Å². The first-order valence-corrected chi connectivity index (χ1v) is 8.90. The number of carboxylic acid groups (broad SMARTS) is 1. The van der Waals surface area contributed by atoms with Crippen LogP contribution in [0, 0.1) is 5.92 Å². The van der Waals surface area contributed by atoms with E-state index in [1.807, 2.05) is 18.2 Å². The summed E-state index contributed by atoms with van der Waals surface area (Å²) in [6.07, 6.45) is 1.32. The first-order chi connectivity index (χ1) is 12.5. The molecule has 0 spiro atoms. The molecule has 0 radical (unpaired) electrons. The van der Waals surface area contributed by atoms with E-state index in [4.69, 9.17) is 16.3 Å². The van der Waals surface area contributed by atoms with Gasteiger partial charge in [-0.15, -0.1) is 0 Å². The Morgan fingerprint density at radius 1 is 1.19 bits per heavy atom. The number of carbonyl (C=O) groups is 2. The summed E-state index contributed by atoms with van der Waals surface area (Å²) in [4.78, 5) is 25.5. The normalized spacial score (nSPS) is 17.0. The quantitative estimate of drug-likeness (QED) is 0.864. The van der Waals surface area contributed by atoms with E-state index in [0.717, 1.165) is 5.56 Å². The number of aliphatic carboxylic acids is 1. The second kappa shape index (κ2) is 8.23. The van der Waals surface area contributed by atoms with Gasteiger partial charge in [-0.2, -0.15) is 0 Å². The predicted molar refractivity (Wildman–Crippen MR) is 98.5 cm³/mol. The summed E-state index contributed by atoms with van der Waals surface area (Å²) in [6, 6.07) is 14.4. The summed E-state index contributed by atoms with van der Waals surface area (Å²) in [5, 5.41) is 9.83. The number of amides is 1. The number of halogens is 1. The van der Waals surface area contributed by atoms with Crippen molar-refractivity contribution in [1.82, 2.24) is 4.90 Å². The van der Waals surface area contributed by atoms with Gasteiger partial charge in [0.1, 0.15) is 12.4 Å². The lowest BCUT2D eigenvalue weighted by molar-refractivity contribution is -0.143. The molecule has 1 unspecified atom stereocenters. The van der Waals surface area contributed by atoms with Gasteiger partial charge in [-0.1, -0.05) is 29.8 Å². The van der Waals surface area contributed by atoms with Crippen molar-refractivity contribution in [2.24, 2.45) is 5.92 Å². The molecule has 6 heteroatoms. The first-order valence-electron chi connectivity index (χ1n) is 8.52. The van der Waals surface area contributed by atoms with Crippen LogP contribution in [0.15, 0.2) is 48.5 Å². The predicted octanol–water partition coefficient (Wildman–Crippen LogP) is 3.86. The van der Waals surface area contributed by atoms with E-state index in [-0.39, 0.29) is 12.5 Å². The topological polar surface area (TPSA) is 66.8 Å². The highest BCUT2D eigenvalue weighted by molar-refractivity contribution is 6.30. The lowest BCUT2D eigenvalue weighted by Crippen LogP contribution is -2.42. The molecule has 1 aliphatic heterocycles. The average Bonchev–Trinajstić information content (AvgIpc) is 2.66. The molecule has 136 valence electrons. The Hall–Kier alpha value is -2.53. The maximum Gasteiger partial charge on any atom is 0.308 e. The van der Waals surface area contributed by atoms with Gasteiger partial charge in [0.2, 0.25) is 0 Å². The molecule has 1 heterocycles. The van der Waals surface area contributed by atoms with Crippen LogP contribution < -0.4 is 4.74 Å². The highest BCUT2D eigenvalue weighted by Gasteiger charge is 2.28. The van der Waals surface area contributed by atoms with E-state index in [1.165, 1.54) is 0 Å². The van der Waals surface area contributed by atoms with E-state index in [1.54, 1.807) is 35.2 Å². The molecule has 0 saturated carbocycles. The van der Waals surface area contributed by atoms with Gasteiger partial charge >= 0.3 is 5.97 Å². The zero-order valence-corrected chi connectivity index (χ0v) is 15.0. The number of ether oxygens (including phenoxy) is 1. The molecular weight excluding hydrogens is 354 g/mol. The zero-order chi connectivity index (χ0) is 18.5. The molecule has 2 aromatic carbocycles. The summed E-state index contributed by atoms with van der Waals surface area (Å²) in [7, 11) is 0. The van der Waals surface area contributed by atoms with E-state index in [2.05, 4.69) is 0 Å². The van der Waals surface area contributed by atoms with E-state index < -0.39 is 11.9 Å². The summed E-state index contributed by atoms with van der Waals surface area (Å²) in [6.45, 7) is 1.18. The lowest BCUT2D eigenvalue weighted by Gasteiger charge is -2.30. The van der Waals surface area contributed by atoms with Gasteiger partial charge in [0.15, 0.2) is 0 Å². The standard InChI is InChI=1S/C20H20ClNO4/c21-17-7-1-4-14(10-17)13-26-18-8-2-5-15(11-18)19(23)22-9-3-6-16(12-22)20(24)25/h1-2,4-5,7-8,10-11,16H,3,6,9,12-13H2,(H,24,25). The summed E-state index contributed by atoms with van der Waals surface area (Å²) in [5.74, 6) is -0.914. The van der Waals surface area contributed by atoms with Gasteiger partial charge in [0.25, 0.3) is 5.91 Å². The molecule has 2 aromatic rings. The largest absolute Gasteiger partial charge is 0.489 e. The zero-order valence-electron chi connectivity index (χ0n) is 14.2. The fourth-order valence-corrected chi connectivity index (χ4v) is 3.27. The highest BCUT2D eigenvalue weighted by Crippen LogP contribution is 2.21. The Labute approximate surface area is 157 Å². The summed E-state index contributed by atoms with van der Waals surface area (Å²) >= 11 is 5.97. The van der Waals surface area contributed by atoms with E-state index in [9.17, 15) is 14.7 Å². The molecule has 1 N–H and O–H groups in total. The molecule has 26 heavy (non-hydrogen) atoms. The molecule has 1 fully saturated rings. The van der Waals surface area contributed by atoms with Crippen molar-refractivity contribution in [2.45, 2.75) is 19.4 Å². The minimum atomic E-state index is -0.846. The number of hydrogen-bond donors (Lipinski definition) is 1. The molecule has 0 aliphatic carbocycles. The number of rotatable bonds is 5. The molecule has 0 aromatic heterocycles. The lowest BCUT2D eigenvalue weighted by atomic mass is 9.97. The van der Waals surface area contributed by atoms with Crippen molar-refractivity contribution in [3.05, 3.63) is 64.7 Å². The fraction of sp³-hybridized carbons (Fsp3) is 0.300. The highest BCUT2D eigenvalue weighted by atomic mass is 35.5. The van der Waals surface area contributed by atoms with Crippen molar-refractivity contribution in [3.8, 4) is 5.75 Å². The molecule has 1 amide bonds. The number of likely N-dealkylation sites (tertiary alicyclic amines) is 1. The number of nitrogens with zero attached hydrogens (tertiary/aromatic N) is 1. The van der Waals surface area contributed by atoms with Crippen LogP contribution in [0.5, 0.6) is 5.75 Å². The summed E-state index contributed by atoms with van der Waals surface area (Å²) < 4.78 is 5.76. The smallest absolute Gasteiger partial charge is 0.308 e. The Bertz CT molecular complexity index is 808. The van der Waals surface area contributed by atoms with Crippen molar-refractivity contribution < 1.29 is 19.4 Å². The number of carboxylic acids is 1. The molecule has 5 nitrogen and oxygen atoms in total. The SMILES string of the molecule is O=C(O)C1CCCN(C(=O)c2cccc(OCc3cccc(Cl)c3)c2)C1. The number of hydrogen-bond acceptors (Lipinski definition) is 3. The Morgan fingerprint density at radius 2 is 2.00 bits per heavy atom. The third kappa shape index (κ3) is 4.55. The van der Waals surface area contributed by atoms with Crippen molar-refractivity contribution in [1.29, 1.82) is 0 Å². The minimum absolute atomic E-state index is 0.163. The van der Waals surface area contributed by atoms with E-state index >= 15 is 0 Å². The van der Waals surface area contributed by atoms with E-state index in [0.29, 0.717) is 42.3 Å². The van der Waals surface area contributed by atoms with Crippen molar-refractivity contribution >= 4 is 23.5 Å². The molecule has 1 atom stereocenters. The Kier molecular flexibility index (Phi) is 5.78. The van der Waals surface area contributed by atoms with Crippen molar-refractivity contribution in [2.75, 3.05) is 13.1 Å². The fourth-order valence-electron chi connectivity index (χ4n) is 3.06. The van der Waals surface area contributed by atoms with Crippen LogP contribution in [0.3, 0.4) is 0 Å². The van der Waals surface area contributed by atoms with Crippen LogP contribution in [-0.2, 0) is 11.4 Å². The summed E-state index contributed by atoms with van der Waals surface area (Å²) in [5.41, 5.74) is 1.44. The molecule has 3 rings (SSSR count). The second-order valence-electron chi connectivity index (χ2n) is 6.37. The van der Waals surface area contributed by atoms with Gasteiger partial charge in [0, 0.05) is 23.7 Å². The minimum Gasteiger partial charge on any atom is -0.489 e. The maximum atomic E-state index is 12.7. The molecule has 0 bridgehead atoms. The molecule has 1 aliphatic rings. The van der Waals surface area contributed by atoms with Crippen LogP contribution >= 0.6 is 11.6 Å². The first kappa shape index (κ1) is 18.3. The maximum absolute atomic E-state index is 12.7. The number of benzene rings is 2. The van der Waals surface area contributed by atoms with Gasteiger partial charge in [-0.25, -0.2) is 0 Å². The third-order valence-electron chi connectivity index (χ3n) is 4.43. The number of piperidine rings is 1. The second-order valence-corrected chi connectivity index (χ2v) is 6.81. The average molecular weight is 374 g/mol. The van der Waals surface area contributed by atoms with Gasteiger partial charge in [-0.05, 0) is 48.7 Å². The van der Waals surface area contributed by atoms with Crippen LogP contribution in [0.25, 0.3) is 0 Å². The monoisotopic (exact) mass is 373 g/mol. The third-order valence-corrected chi connectivity index (χ3v) is 4.67. The van der Waals surface area contributed by atoms with Crippen LogP contribution in [-0.4, -0.2) is 35.0 Å². The van der Waals surface area contributed by atoms with Gasteiger partial charge in [0.05, 0.1) is 5.92 Å². The number of carbonyl (C=O) groups excluding carboxylic acids is 1. The van der Waals surface area contributed by atoms with Gasteiger partial charge in [-0.3, -0.25) is 9.59 Å². The molecule has 1 saturated heterocycles. The Morgan fingerprint density at radius 3 is 2.77 bits per heavy atom. The van der Waals surface area contributed by atoms with Gasteiger partial charge < -0.3 is 14.7 Å². The van der Waals surface area contributed by atoms with Crippen LogP contribution in [0.4, 0.5) is 0 Å². The van der Waals surface area contributed by atoms with Crippen LogP contribution in [0.1, 0.15) is 28.8 Å². The Balaban J connectivity index is 1.66. The molecular formula is C20H20ClNO4. The van der Waals surface area contributed by atoms with Crippen LogP contribution in [0.2, 0.25) is 5.02 Å².